The fraction of sp³-hybridized carbons (Fsp3) is 0.438. The normalized spacial score (nSPS) is 19.1. The molecule has 3 rings (SSSR count). The summed E-state index contributed by atoms with van der Waals surface area (Å²) in [4.78, 5) is 15.8. The number of H-pyrrole nitrogens is 1. The minimum absolute atomic E-state index is 0.0958. The molecule has 0 bridgehead atoms. The van der Waals surface area contributed by atoms with Crippen molar-refractivity contribution in [2.24, 2.45) is 5.92 Å². The topological polar surface area (TPSA) is 54.1 Å². The maximum atomic E-state index is 12.6. The van der Waals surface area contributed by atoms with Gasteiger partial charge in [0.15, 0.2) is 5.78 Å². The van der Waals surface area contributed by atoms with Crippen molar-refractivity contribution < 1.29 is 9.53 Å². The lowest BCUT2D eigenvalue weighted by Gasteiger charge is -2.21. The molecule has 1 atom stereocenters. The maximum absolute atomic E-state index is 12.6. The number of ether oxygens (including phenoxy) is 1. The fourth-order valence-corrected chi connectivity index (χ4v) is 2.86. The first-order valence-electron chi connectivity index (χ1n) is 7.28. The van der Waals surface area contributed by atoms with Gasteiger partial charge >= 0.3 is 0 Å². The van der Waals surface area contributed by atoms with Crippen molar-refractivity contribution in [2.75, 3.05) is 19.7 Å². The molecule has 0 saturated carbocycles. The predicted octanol–water partition coefficient (Wildman–Crippen LogP) is 2.75. The molecule has 1 fully saturated rings. The molecule has 1 aliphatic rings. The van der Waals surface area contributed by atoms with Crippen LogP contribution < -0.4 is 10.1 Å². The summed E-state index contributed by atoms with van der Waals surface area (Å²) in [5.74, 6) is 1.14. The highest BCUT2D eigenvalue weighted by molar-refractivity contribution is 6.09. The number of hydrogen-bond acceptors (Lipinski definition) is 3. The Morgan fingerprint density at radius 1 is 1.45 bits per heavy atom. The van der Waals surface area contributed by atoms with Crippen LogP contribution in [0.4, 0.5) is 0 Å². The van der Waals surface area contributed by atoms with Crippen LogP contribution in [0.2, 0.25) is 0 Å². The van der Waals surface area contributed by atoms with Gasteiger partial charge in [0.25, 0.3) is 0 Å². The van der Waals surface area contributed by atoms with Gasteiger partial charge in [-0.2, -0.15) is 0 Å². The average molecular weight is 272 g/mol. The van der Waals surface area contributed by atoms with Crippen molar-refractivity contribution >= 4 is 16.7 Å². The quantitative estimate of drug-likeness (QED) is 0.841. The summed E-state index contributed by atoms with van der Waals surface area (Å²) in [6.45, 7) is 4.40. The van der Waals surface area contributed by atoms with E-state index in [4.69, 9.17) is 4.74 Å². The molecule has 1 aliphatic heterocycles. The average Bonchev–Trinajstić information content (AvgIpc) is 2.91. The first kappa shape index (κ1) is 13.2. The van der Waals surface area contributed by atoms with E-state index in [1.807, 2.05) is 31.3 Å². The van der Waals surface area contributed by atoms with E-state index in [0.717, 1.165) is 48.1 Å². The van der Waals surface area contributed by atoms with E-state index in [0.29, 0.717) is 6.61 Å². The van der Waals surface area contributed by atoms with Crippen LogP contribution in [0, 0.1) is 5.92 Å². The molecule has 2 heterocycles. The summed E-state index contributed by atoms with van der Waals surface area (Å²) in [5, 5.41) is 4.27. The van der Waals surface area contributed by atoms with Gasteiger partial charge < -0.3 is 15.0 Å². The third-order valence-corrected chi connectivity index (χ3v) is 3.90. The minimum atomic E-state index is 0.0958. The van der Waals surface area contributed by atoms with Crippen LogP contribution in [0.5, 0.6) is 5.75 Å². The predicted molar refractivity (Wildman–Crippen MR) is 79.4 cm³/mol. The van der Waals surface area contributed by atoms with Gasteiger partial charge in [-0.3, -0.25) is 4.79 Å². The molecular formula is C16H20N2O2. The Labute approximate surface area is 118 Å². The molecule has 4 nitrogen and oxygen atoms in total. The third-order valence-electron chi connectivity index (χ3n) is 3.90. The molecule has 0 amide bonds. The zero-order valence-electron chi connectivity index (χ0n) is 11.7. The van der Waals surface area contributed by atoms with E-state index in [1.54, 1.807) is 0 Å². The number of fused-ring (bicyclic) bond motifs is 1. The Hall–Kier alpha value is -1.81. The van der Waals surface area contributed by atoms with Gasteiger partial charge in [-0.15, -0.1) is 0 Å². The zero-order valence-corrected chi connectivity index (χ0v) is 11.7. The number of piperidine rings is 1. The van der Waals surface area contributed by atoms with E-state index < -0.39 is 0 Å². The van der Waals surface area contributed by atoms with Gasteiger partial charge in [0.2, 0.25) is 0 Å². The van der Waals surface area contributed by atoms with Crippen molar-refractivity contribution in [1.29, 1.82) is 0 Å². The lowest BCUT2D eigenvalue weighted by molar-refractivity contribution is 0.0901. The largest absolute Gasteiger partial charge is 0.494 e. The Morgan fingerprint density at radius 2 is 2.35 bits per heavy atom. The van der Waals surface area contributed by atoms with E-state index in [2.05, 4.69) is 10.3 Å². The molecule has 1 aromatic heterocycles. The highest BCUT2D eigenvalue weighted by Crippen LogP contribution is 2.27. The summed E-state index contributed by atoms with van der Waals surface area (Å²) < 4.78 is 5.53. The first-order valence-corrected chi connectivity index (χ1v) is 7.28. The van der Waals surface area contributed by atoms with E-state index in [1.165, 1.54) is 0 Å². The van der Waals surface area contributed by atoms with Crippen molar-refractivity contribution in [2.45, 2.75) is 19.8 Å². The molecule has 1 aromatic carbocycles. The second kappa shape index (κ2) is 5.67. The van der Waals surface area contributed by atoms with Gasteiger partial charge in [0, 0.05) is 35.1 Å². The minimum Gasteiger partial charge on any atom is -0.494 e. The van der Waals surface area contributed by atoms with Gasteiger partial charge in [-0.1, -0.05) is 0 Å². The number of carbonyl (C=O) groups is 1. The highest BCUT2D eigenvalue weighted by atomic mass is 16.5. The monoisotopic (exact) mass is 272 g/mol. The Bertz CT molecular complexity index is 612. The van der Waals surface area contributed by atoms with Crippen molar-refractivity contribution in [3.05, 3.63) is 30.0 Å². The molecule has 4 heteroatoms. The molecule has 1 unspecified atom stereocenters. The van der Waals surface area contributed by atoms with Crippen LogP contribution in [0.3, 0.4) is 0 Å². The van der Waals surface area contributed by atoms with Crippen molar-refractivity contribution in [3.8, 4) is 5.75 Å². The van der Waals surface area contributed by atoms with Gasteiger partial charge in [-0.05, 0) is 44.5 Å². The SMILES string of the molecule is CCOc1ccc2[nH]cc(C(=O)C3CCCNC3)c2c1. The molecule has 1 saturated heterocycles. The summed E-state index contributed by atoms with van der Waals surface area (Å²) >= 11 is 0. The lowest BCUT2D eigenvalue weighted by atomic mass is 9.91. The lowest BCUT2D eigenvalue weighted by Crippen LogP contribution is -2.34. The van der Waals surface area contributed by atoms with Crippen LogP contribution in [0.25, 0.3) is 10.9 Å². The molecule has 20 heavy (non-hydrogen) atoms. The second-order valence-electron chi connectivity index (χ2n) is 5.25. The summed E-state index contributed by atoms with van der Waals surface area (Å²) in [6.07, 6.45) is 3.88. The Morgan fingerprint density at radius 3 is 3.10 bits per heavy atom. The molecule has 2 N–H and O–H groups in total. The van der Waals surface area contributed by atoms with Gasteiger partial charge in [-0.25, -0.2) is 0 Å². The van der Waals surface area contributed by atoms with E-state index >= 15 is 0 Å². The number of benzene rings is 1. The van der Waals surface area contributed by atoms with Crippen molar-refractivity contribution in [1.82, 2.24) is 10.3 Å². The smallest absolute Gasteiger partial charge is 0.169 e. The number of nitrogens with one attached hydrogen (secondary N) is 2. The van der Waals surface area contributed by atoms with Crippen LogP contribution in [-0.2, 0) is 0 Å². The molecule has 106 valence electrons. The third kappa shape index (κ3) is 2.43. The molecule has 2 aromatic rings. The Balaban J connectivity index is 1.93. The summed E-state index contributed by atoms with van der Waals surface area (Å²) in [5.41, 5.74) is 1.77. The number of aromatic amines is 1. The second-order valence-corrected chi connectivity index (χ2v) is 5.25. The van der Waals surface area contributed by atoms with E-state index in [9.17, 15) is 4.79 Å². The number of rotatable bonds is 4. The first-order chi connectivity index (χ1) is 9.79. The number of aromatic nitrogens is 1. The number of carbonyl (C=O) groups excluding carboxylic acids is 1. The standard InChI is InChI=1S/C16H20N2O2/c1-2-20-12-5-6-15-13(8-12)14(10-18-15)16(19)11-4-3-7-17-9-11/h5-6,8,10-11,17-18H,2-4,7,9H2,1H3. The summed E-state index contributed by atoms with van der Waals surface area (Å²) in [6, 6.07) is 5.85. The van der Waals surface area contributed by atoms with Crippen molar-refractivity contribution in [3.63, 3.8) is 0 Å². The zero-order chi connectivity index (χ0) is 13.9. The summed E-state index contributed by atoms with van der Waals surface area (Å²) in [7, 11) is 0. The van der Waals surface area contributed by atoms with Gasteiger partial charge in [0.05, 0.1) is 6.61 Å². The van der Waals surface area contributed by atoms with Gasteiger partial charge in [0.1, 0.15) is 5.75 Å². The fourth-order valence-electron chi connectivity index (χ4n) is 2.86. The van der Waals surface area contributed by atoms with Crippen LogP contribution >= 0.6 is 0 Å². The molecule has 0 aliphatic carbocycles. The molecule has 0 radical (unpaired) electrons. The molecule has 0 spiro atoms. The number of ketones is 1. The van der Waals surface area contributed by atoms with Crippen LogP contribution in [-0.4, -0.2) is 30.5 Å². The van der Waals surface area contributed by atoms with Crippen LogP contribution in [0.1, 0.15) is 30.1 Å². The number of Topliss-reactive ketones (excluding diaryl/α,β-unsaturated/α-hetero) is 1. The van der Waals surface area contributed by atoms with Crippen LogP contribution in [0.15, 0.2) is 24.4 Å². The van der Waals surface area contributed by atoms with E-state index in [-0.39, 0.29) is 11.7 Å². The maximum Gasteiger partial charge on any atom is 0.169 e. The molecular weight excluding hydrogens is 252 g/mol. The Kier molecular flexibility index (Phi) is 3.74. The number of hydrogen-bond donors (Lipinski definition) is 2. The highest BCUT2D eigenvalue weighted by Gasteiger charge is 2.24.